The maximum absolute atomic E-state index is 13.0. The topological polar surface area (TPSA) is 78.5 Å². The fraction of sp³-hybridized carbons (Fsp3) is 0.192. The van der Waals surface area contributed by atoms with E-state index in [9.17, 15) is 14.4 Å². The molecule has 0 aliphatic carbocycles. The molecule has 0 bridgehead atoms. The zero-order valence-electron chi connectivity index (χ0n) is 18.0. The van der Waals surface area contributed by atoms with Crippen LogP contribution in [0.25, 0.3) is 11.1 Å². The molecular weight excluding hydrogens is 402 g/mol. The summed E-state index contributed by atoms with van der Waals surface area (Å²) in [5.74, 6) is -0.839. The number of hydrogen-bond donors (Lipinski definition) is 2. The highest BCUT2D eigenvalue weighted by atomic mass is 16.2. The van der Waals surface area contributed by atoms with Gasteiger partial charge in [-0.15, -0.1) is 0 Å². The molecule has 1 aliphatic rings. The third-order valence-corrected chi connectivity index (χ3v) is 5.82. The summed E-state index contributed by atoms with van der Waals surface area (Å²) in [7, 11) is 0. The molecule has 4 rings (SSSR count). The van der Waals surface area contributed by atoms with E-state index in [1.165, 1.54) is 0 Å². The van der Waals surface area contributed by atoms with Crippen LogP contribution in [0.5, 0.6) is 0 Å². The minimum absolute atomic E-state index is 0.270. The van der Waals surface area contributed by atoms with E-state index >= 15 is 0 Å². The Hall–Kier alpha value is -3.93. The predicted octanol–water partition coefficient (Wildman–Crippen LogP) is 4.00. The van der Waals surface area contributed by atoms with Gasteiger partial charge in [-0.25, -0.2) is 4.79 Å². The van der Waals surface area contributed by atoms with Crippen molar-refractivity contribution in [2.75, 3.05) is 6.54 Å². The molecule has 0 spiro atoms. The third-order valence-electron chi connectivity index (χ3n) is 5.82. The van der Waals surface area contributed by atoms with Crippen LogP contribution in [0.4, 0.5) is 4.79 Å². The highest BCUT2D eigenvalue weighted by molar-refractivity contribution is 6.09. The minimum atomic E-state index is -1.18. The molecular formula is C26H25N3O3. The lowest BCUT2D eigenvalue weighted by atomic mass is 9.92. The Morgan fingerprint density at radius 1 is 0.906 bits per heavy atom. The second-order valence-electron chi connectivity index (χ2n) is 8.09. The standard InChI is InChI=1S/C26H25N3O3/c1-18(19-13-15-21(16-14-19)20-9-5-3-6-10-20)27-23(30)17-29-24(31)26(2,28-25(29)32)22-11-7-4-8-12-22/h3-16,18H,17H2,1-2H3,(H,27,30)(H,28,32)/t18-,26+/m1/s1. The molecule has 1 heterocycles. The van der Waals surface area contributed by atoms with Crippen LogP contribution in [-0.4, -0.2) is 29.3 Å². The van der Waals surface area contributed by atoms with Crippen molar-refractivity contribution in [3.8, 4) is 11.1 Å². The SMILES string of the molecule is C[C@@H](NC(=O)CN1C(=O)N[C@@](C)(c2ccccc2)C1=O)c1ccc(-c2ccccc2)cc1. The number of carbonyl (C=O) groups is 3. The van der Waals surface area contributed by atoms with E-state index in [0.717, 1.165) is 21.6 Å². The number of carbonyl (C=O) groups excluding carboxylic acids is 3. The monoisotopic (exact) mass is 427 g/mol. The smallest absolute Gasteiger partial charge is 0.325 e. The highest BCUT2D eigenvalue weighted by Gasteiger charge is 2.49. The average molecular weight is 428 g/mol. The molecule has 3 aromatic rings. The molecule has 1 aliphatic heterocycles. The number of urea groups is 1. The van der Waals surface area contributed by atoms with E-state index in [1.807, 2.05) is 67.6 Å². The molecule has 4 amide bonds. The average Bonchev–Trinajstić information content (AvgIpc) is 3.04. The Morgan fingerprint density at radius 3 is 2.09 bits per heavy atom. The first-order valence-electron chi connectivity index (χ1n) is 10.5. The van der Waals surface area contributed by atoms with E-state index in [4.69, 9.17) is 0 Å². The van der Waals surface area contributed by atoms with Gasteiger partial charge in [0.05, 0.1) is 6.04 Å². The van der Waals surface area contributed by atoms with Gasteiger partial charge >= 0.3 is 6.03 Å². The predicted molar refractivity (Wildman–Crippen MR) is 122 cm³/mol. The molecule has 0 radical (unpaired) electrons. The maximum atomic E-state index is 13.0. The lowest BCUT2D eigenvalue weighted by Gasteiger charge is -2.22. The molecule has 0 aromatic heterocycles. The first kappa shape index (κ1) is 21.3. The Balaban J connectivity index is 1.40. The molecule has 3 aromatic carbocycles. The quantitative estimate of drug-likeness (QED) is 0.584. The summed E-state index contributed by atoms with van der Waals surface area (Å²) in [6.07, 6.45) is 0. The van der Waals surface area contributed by atoms with Crippen LogP contribution >= 0.6 is 0 Å². The summed E-state index contributed by atoms with van der Waals surface area (Å²) in [6, 6.07) is 26.2. The number of nitrogens with zero attached hydrogens (tertiary/aromatic N) is 1. The molecule has 0 saturated carbocycles. The second kappa shape index (κ2) is 8.67. The van der Waals surface area contributed by atoms with Crippen molar-refractivity contribution in [1.82, 2.24) is 15.5 Å². The fourth-order valence-electron chi connectivity index (χ4n) is 3.92. The molecule has 162 valence electrons. The van der Waals surface area contributed by atoms with Crippen LogP contribution in [0.15, 0.2) is 84.9 Å². The molecule has 6 nitrogen and oxygen atoms in total. The van der Waals surface area contributed by atoms with Crippen molar-refractivity contribution in [2.45, 2.75) is 25.4 Å². The van der Waals surface area contributed by atoms with E-state index in [2.05, 4.69) is 10.6 Å². The maximum Gasteiger partial charge on any atom is 0.325 e. The third kappa shape index (κ3) is 4.12. The van der Waals surface area contributed by atoms with Gasteiger partial charge in [0.25, 0.3) is 5.91 Å². The highest BCUT2D eigenvalue weighted by Crippen LogP contribution is 2.28. The number of benzene rings is 3. The summed E-state index contributed by atoms with van der Waals surface area (Å²) < 4.78 is 0. The zero-order chi connectivity index (χ0) is 22.7. The van der Waals surface area contributed by atoms with Gasteiger partial charge in [-0.05, 0) is 36.1 Å². The number of hydrogen-bond acceptors (Lipinski definition) is 3. The van der Waals surface area contributed by atoms with Crippen LogP contribution in [0.2, 0.25) is 0 Å². The van der Waals surface area contributed by atoms with Crippen LogP contribution in [0.1, 0.15) is 31.0 Å². The van der Waals surface area contributed by atoms with Gasteiger partial charge in [-0.2, -0.15) is 0 Å². The van der Waals surface area contributed by atoms with Gasteiger partial charge in [0, 0.05) is 0 Å². The summed E-state index contributed by atoms with van der Waals surface area (Å²) in [5.41, 5.74) is 2.64. The van der Waals surface area contributed by atoms with Crippen molar-refractivity contribution < 1.29 is 14.4 Å². The number of imide groups is 1. The molecule has 2 atom stereocenters. The Morgan fingerprint density at radius 2 is 1.47 bits per heavy atom. The Bertz CT molecular complexity index is 1130. The van der Waals surface area contributed by atoms with Crippen molar-refractivity contribution in [1.29, 1.82) is 0 Å². The number of rotatable bonds is 6. The van der Waals surface area contributed by atoms with Gasteiger partial charge in [-0.1, -0.05) is 84.9 Å². The van der Waals surface area contributed by atoms with Crippen molar-refractivity contribution >= 4 is 17.8 Å². The van der Waals surface area contributed by atoms with Gasteiger partial charge in [-0.3, -0.25) is 14.5 Å². The fourth-order valence-corrected chi connectivity index (χ4v) is 3.92. The summed E-state index contributed by atoms with van der Waals surface area (Å²) >= 11 is 0. The zero-order valence-corrected chi connectivity index (χ0v) is 18.0. The summed E-state index contributed by atoms with van der Waals surface area (Å²) in [4.78, 5) is 39.0. The molecule has 6 heteroatoms. The minimum Gasteiger partial charge on any atom is -0.348 e. The van der Waals surface area contributed by atoms with Crippen LogP contribution in [0.3, 0.4) is 0 Å². The van der Waals surface area contributed by atoms with Crippen LogP contribution in [0, 0.1) is 0 Å². The second-order valence-corrected chi connectivity index (χ2v) is 8.09. The van der Waals surface area contributed by atoms with Crippen molar-refractivity contribution in [3.05, 3.63) is 96.1 Å². The first-order chi connectivity index (χ1) is 15.4. The number of amides is 4. The Labute approximate surface area is 187 Å². The number of nitrogens with one attached hydrogen (secondary N) is 2. The van der Waals surface area contributed by atoms with Crippen LogP contribution < -0.4 is 10.6 Å². The lowest BCUT2D eigenvalue weighted by Crippen LogP contribution is -2.43. The van der Waals surface area contributed by atoms with E-state index in [-0.39, 0.29) is 12.6 Å². The normalized spacial score (nSPS) is 18.9. The van der Waals surface area contributed by atoms with Crippen molar-refractivity contribution in [3.63, 3.8) is 0 Å². The lowest BCUT2D eigenvalue weighted by molar-refractivity contribution is -0.135. The molecule has 32 heavy (non-hydrogen) atoms. The van der Waals surface area contributed by atoms with Gasteiger partial charge in [0.1, 0.15) is 12.1 Å². The first-order valence-corrected chi connectivity index (χ1v) is 10.5. The van der Waals surface area contributed by atoms with Gasteiger partial charge in [0.2, 0.25) is 5.91 Å². The molecule has 0 unspecified atom stereocenters. The van der Waals surface area contributed by atoms with Crippen LogP contribution in [-0.2, 0) is 15.1 Å². The largest absolute Gasteiger partial charge is 0.348 e. The summed E-state index contributed by atoms with van der Waals surface area (Å²) in [5, 5.41) is 5.59. The van der Waals surface area contributed by atoms with Gasteiger partial charge < -0.3 is 10.6 Å². The van der Waals surface area contributed by atoms with E-state index < -0.39 is 23.4 Å². The Kier molecular flexibility index (Phi) is 5.77. The van der Waals surface area contributed by atoms with Gasteiger partial charge in [0.15, 0.2) is 0 Å². The van der Waals surface area contributed by atoms with E-state index in [0.29, 0.717) is 5.56 Å². The molecule has 2 N–H and O–H groups in total. The van der Waals surface area contributed by atoms with E-state index in [1.54, 1.807) is 31.2 Å². The summed E-state index contributed by atoms with van der Waals surface area (Å²) in [6.45, 7) is 3.19. The van der Waals surface area contributed by atoms with Crippen molar-refractivity contribution in [2.24, 2.45) is 0 Å². The molecule has 1 saturated heterocycles. The molecule has 1 fully saturated rings.